The maximum atomic E-state index is 9.27. The maximum absolute atomic E-state index is 9.27. The van der Waals surface area contributed by atoms with Crippen molar-refractivity contribution in [3.8, 4) is 0 Å². The largest absolute Gasteiger partial charge is 0.396 e. The predicted molar refractivity (Wildman–Crippen MR) is 93.7 cm³/mol. The van der Waals surface area contributed by atoms with Crippen LogP contribution in [-0.4, -0.2) is 48.8 Å². The number of nitrogens with zero attached hydrogens (tertiary/aromatic N) is 4. The number of nitrogen functional groups attached to an aromatic ring is 1. The van der Waals surface area contributed by atoms with Gasteiger partial charge in [-0.3, -0.25) is 9.11 Å². The first-order chi connectivity index (χ1) is 12.2. The topological polar surface area (TPSA) is 164 Å². The lowest BCUT2D eigenvalue weighted by Gasteiger charge is -2.13. The summed E-state index contributed by atoms with van der Waals surface area (Å²) in [7, 11) is -4.67. The van der Waals surface area contributed by atoms with Gasteiger partial charge in [0, 0.05) is 12.5 Å². The molecule has 4 rings (SSSR count). The highest BCUT2D eigenvalue weighted by molar-refractivity contribution is 7.79. The molecule has 10 nitrogen and oxygen atoms in total. The van der Waals surface area contributed by atoms with Crippen molar-refractivity contribution in [1.82, 2.24) is 19.5 Å². The quantitative estimate of drug-likeness (QED) is 0.442. The fourth-order valence-electron chi connectivity index (χ4n) is 3.07. The average molecular weight is 383 g/mol. The Hall–Kier alpha value is -2.08. The van der Waals surface area contributed by atoms with Crippen LogP contribution in [0.1, 0.15) is 31.0 Å². The van der Waals surface area contributed by atoms with Crippen LogP contribution in [0.25, 0.3) is 11.2 Å². The number of fused-ring (bicyclic) bond motifs is 1. The van der Waals surface area contributed by atoms with E-state index in [2.05, 4.69) is 31.7 Å². The Kier molecular flexibility index (Phi) is 5.23. The predicted octanol–water partition coefficient (Wildman–Crippen LogP) is 0.818. The Bertz CT molecular complexity index is 914. The molecule has 1 saturated carbocycles. The number of hydrogen-bond donors (Lipinski definition) is 4. The molecule has 0 spiro atoms. The highest BCUT2D eigenvalue weighted by Gasteiger charge is 2.26. The fourth-order valence-corrected chi connectivity index (χ4v) is 3.07. The second-order valence-corrected chi connectivity index (χ2v) is 7.47. The van der Waals surface area contributed by atoms with Crippen molar-refractivity contribution in [2.24, 2.45) is 11.8 Å². The minimum atomic E-state index is -4.67. The Morgan fingerprint density at radius 3 is 2.50 bits per heavy atom. The summed E-state index contributed by atoms with van der Waals surface area (Å²) in [5.41, 5.74) is 8.54. The van der Waals surface area contributed by atoms with Crippen molar-refractivity contribution in [3.63, 3.8) is 0 Å². The van der Waals surface area contributed by atoms with E-state index in [1.54, 1.807) is 0 Å². The molecule has 5 N–H and O–H groups in total. The number of imidazole rings is 1. The van der Waals surface area contributed by atoms with E-state index in [1.165, 1.54) is 12.8 Å². The molecule has 0 saturated heterocycles. The summed E-state index contributed by atoms with van der Waals surface area (Å²) in [6.45, 7) is 0.184. The van der Waals surface area contributed by atoms with Crippen molar-refractivity contribution in [1.29, 1.82) is 0 Å². The van der Waals surface area contributed by atoms with E-state index in [1.807, 2.05) is 6.33 Å². The van der Waals surface area contributed by atoms with Gasteiger partial charge >= 0.3 is 10.4 Å². The molecule has 2 aromatic heterocycles. The molecular weight excluding hydrogens is 362 g/mol. The van der Waals surface area contributed by atoms with Crippen LogP contribution >= 0.6 is 0 Å². The summed E-state index contributed by atoms with van der Waals surface area (Å²) in [5.74, 6) is 1.27. The van der Waals surface area contributed by atoms with Crippen LogP contribution in [0, 0.1) is 11.8 Å². The molecule has 2 aliphatic rings. The summed E-state index contributed by atoms with van der Waals surface area (Å²) >= 11 is 0. The molecule has 142 valence electrons. The van der Waals surface area contributed by atoms with Crippen LogP contribution < -0.4 is 5.73 Å². The molecule has 0 aromatic carbocycles. The van der Waals surface area contributed by atoms with Crippen molar-refractivity contribution < 1.29 is 22.6 Å². The molecule has 2 aliphatic carbocycles. The summed E-state index contributed by atoms with van der Waals surface area (Å²) in [6.07, 6.45) is 10.4. The van der Waals surface area contributed by atoms with Gasteiger partial charge in [-0.1, -0.05) is 12.2 Å². The zero-order valence-electron chi connectivity index (χ0n) is 13.9. The third-order valence-corrected chi connectivity index (χ3v) is 4.43. The van der Waals surface area contributed by atoms with E-state index in [-0.39, 0.29) is 18.6 Å². The van der Waals surface area contributed by atoms with E-state index in [0.29, 0.717) is 5.95 Å². The van der Waals surface area contributed by atoms with Crippen molar-refractivity contribution in [2.45, 2.75) is 31.7 Å². The summed E-state index contributed by atoms with van der Waals surface area (Å²) in [6, 6.07) is 0.190. The first-order valence-corrected chi connectivity index (χ1v) is 9.62. The molecule has 0 bridgehead atoms. The van der Waals surface area contributed by atoms with Gasteiger partial charge in [0.1, 0.15) is 5.52 Å². The van der Waals surface area contributed by atoms with Crippen LogP contribution in [0.15, 0.2) is 18.5 Å². The normalized spacial score (nSPS) is 22.4. The summed E-state index contributed by atoms with van der Waals surface area (Å²) in [4.78, 5) is 13.3. The molecule has 1 unspecified atom stereocenters. The molecule has 2 aromatic rings. The van der Waals surface area contributed by atoms with Crippen LogP contribution in [-0.2, 0) is 16.8 Å². The lowest BCUT2D eigenvalue weighted by atomic mass is 10.1. The monoisotopic (exact) mass is 383 g/mol. The molecule has 11 heteroatoms. The zero-order valence-corrected chi connectivity index (χ0v) is 14.7. The van der Waals surface area contributed by atoms with Crippen LogP contribution in [0.5, 0.6) is 0 Å². The molecule has 0 amide bonds. The standard InChI is InChI=1S/C15H19N5O.H2O4S/c16-15-18-12(6-9-1-2-9)13-14(19-15)20(8-17-13)11-4-3-10(5-11)7-21;1-5(2,3)4/h3-4,8-11,21H,1-2,5-7H2,(H2,16,18,19);(H2,1,2,3,4)/t10-,11?;/m1./s1. The average Bonchev–Trinajstić information content (AvgIpc) is 3.07. The van der Waals surface area contributed by atoms with E-state index in [0.717, 1.165) is 35.6 Å². The van der Waals surface area contributed by atoms with Crippen LogP contribution in [0.2, 0.25) is 0 Å². The first kappa shape index (κ1) is 18.7. The van der Waals surface area contributed by atoms with Crippen molar-refractivity contribution in [2.75, 3.05) is 12.3 Å². The number of rotatable bonds is 4. The number of aromatic nitrogens is 4. The minimum absolute atomic E-state index is 0.184. The van der Waals surface area contributed by atoms with Crippen molar-refractivity contribution >= 4 is 27.5 Å². The van der Waals surface area contributed by atoms with Gasteiger partial charge in [-0.25, -0.2) is 9.97 Å². The van der Waals surface area contributed by atoms with Gasteiger partial charge in [0.25, 0.3) is 0 Å². The third-order valence-electron chi connectivity index (χ3n) is 4.43. The van der Waals surface area contributed by atoms with Crippen LogP contribution in [0.3, 0.4) is 0 Å². The Morgan fingerprint density at radius 1 is 1.23 bits per heavy atom. The highest BCUT2D eigenvalue weighted by Crippen LogP contribution is 2.35. The van der Waals surface area contributed by atoms with Gasteiger partial charge in [-0.15, -0.1) is 0 Å². The number of anilines is 1. The number of nitrogens with two attached hydrogens (primary N) is 1. The molecular formula is C15H21N5O5S. The Morgan fingerprint density at radius 2 is 1.92 bits per heavy atom. The van der Waals surface area contributed by atoms with E-state index in [4.69, 9.17) is 23.3 Å². The molecule has 0 radical (unpaired) electrons. The maximum Gasteiger partial charge on any atom is 0.394 e. The number of aliphatic hydroxyl groups is 1. The lowest BCUT2D eigenvalue weighted by molar-refractivity contribution is 0.244. The summed E-state index contributed by atoms with van der Waals surface area (Å²) in [5, 5.41) is 9.27. The first-order valence-electron chi connectivity index (χ1n) is 8.22. The molecule has 26 heavy (non-hydrogen) atoms. The number of hydrogen-bond acceptors (Lipinski definition) is 7. The van der Waals surface area contributed by atoms with Gasteiger partial charge in [0.2, 0.25) is 5.95 Å². The molecule has 2 atom stereocenters. The molecule has 0 aliphatic heterocycles. The van der Waals surface area contributed by atoms with Gasteiger partial charge in [0.05, 0.1) is 18.1 Å². The zero-order chi connectivity index (χ0) is 18.9. The third kappa shape index (κ3) is 4.75. The highest BCUT2D eigenvalue weighted by atomic mass is 32.3. The van der Waals surface area contributed by atoms with E-state index < -0.39 is 10.4 Å². The second kappa shape index (κ2) is 7.27. The summed E-state index contributed by atoms with van der Waals surface area (Å²) < 4.78 is 33.6. The minimum Gasteiger partial charge on any atom is -0.396 e. The second-order valence-electron chi connectivity index (χ2n) is 6.58. The van der Waals surface area contributed by atoms with Gasteiger partial charge in [0.15, 0.2) is 5.65 Å². The van der Waals surface area contributed by atoms with E-state index in [9.17, 15) is 5.11 Å². The lowest BCUT2D eigenvalue weighted by Crippen LogP contribution is -2.09. The number of allylic oxidation sites excluding steroid dienone is 1. The SMILES string of the molecule is Nc1nc(CC2CC2)c2ncn(C3C=C[C@@H](CO)C3)c2n1.O=S(=O)(O)O. The van der Waals surface area contributed by atoms with Gasteiger partial charge in [-0.05, 0) is 31.6 Å². The van der Waals surface area contributed by atoms with Gasteiger partial charge < -0.3 is 15.4 Å². The van der Waals surface area contributed by atoms with Gasteiger partial charge in [-0.2, -0.15) is 13.4 Å². The van der Waals surface area contributed by atoms with Crippen LogP contribution in [0.4, 0.5) is 5.95 Å². The number of aliphatic hydroxyl groups excluding tert-OH is 1. The molecule has 1 fully saturated rings. The molecule has 2 heterocycles. The fraction of sp³-hybridized carbons (Fsp3) is 0.533. The van der Waals surface area contributed by atoms with Crippen molar-refractivity contribution in [3.05, 3.63) is 24.2 Å². The van der Waals surface area contributed by atoms with E-state index >= 15 is 0 Å². The smallest absolute Gasteiger partial charge is 0.394 e. The Labute approximate surface area is 150 Å². The Balaban J connectivity index is 0.000000349.